The maximum absolute atomic E-state index is 11.6. The Labute approximate surface area is 169 Å². The lowest BCUT2D eigenvalue weighted by atomic mass is 10.1. The zero-order chi connectivity index (χ0) is 20.8. The molecule has 0 atom stereocenters. The summed E-state index contributed by atoms with van der Waals surface area (Å²) in [6, 6.07) is 12.9. The molecule has 0 aliphatic rings. The lowest BCUT2D eigenvalue weighted by molar-refractivity contribution is 0.0963. The molecule has 3 rings (SSSR count). The van der Waals surface area contributed by atoms with Crippen LogP contribution in [0.5, 0.6) is 11.5 Å². The van der Waals surface area contributed by atoms with Gasteiger partial charge in [0.15, 0.2) is 0 Å². The normalized spacial score (nSPS) is 10.8. The number of aromatic nitrogens is 2. The molecule has 1 amide bonds. The maximum atomic E-state index is 11.6. The zero-order valence-corrected chi connectivity index (χ0v) is 16.9. The molecule has 1 N–H and O–H groups in total. The molecule has 3 aromatic rings. The van der Waals surface area contributed by atoms with Crippen molar-refractivity contribution in [1.29, 1.82) is 0 Å². The summed E-state index contributed by atoms with van der Waals surface area (Å²) in [6.07, 6.45) is 0. The number of nitrogens with zero attached hydrogens (tertiary/aromatic N) is 3. The summed E-state index contributed by atoms with van der Waals surface area (Å²) < 4.78 is 16.0. The number of carbonyl (C=O) groups is 1. The number of carbonyl (C=O) groups excluding carboxylic acids is 1. The van der Waals surface area contributed by atoms with Crippen molar-refractivity contribution in [3.8, 4) is 22.9 Å². The molecule has 8 heteroatoms. The first kappa shape index (κ1) is 20.3. The minimum absolute atomic E-state index is 0.0998. The Bertz CT molecular complexity index is 969. The van der Waals surface area contributed by atoms with E-state index < -0.39 is 0 Å². The highest BCUT2D eigenvalue weighted by Crippen LogP contribution is 2.31. The summed E-state index contributed by atoms with van der Waals surface area (Å²) in [6.45, 7) is 1.17. The fraction of sp³-hybridized carbons (Fsp3) is 0.286. The number of rotatable bonds is 8. The minimum Gasteiger partial charge on any atom is -0.497 e. The summed E-state index contributed by atoms with van der Waals surface area (Å²) in [5, 5.41) is 6.68. The molecule has 1 aromatic heterocycles. The second-order valence-electron chi connectivity index (χ2n) is 6.53. The Balaban J connectivity index is 1.66. The molecule has 0 radical (unpaired) electrons. The van der Waals surface area contributed by atoms with Gasteiger partial charge in [0, 0.05) is 25.2 Å². The van der Waals surface area contributed by atoms with Crippen LogP contribution in [0.2, 0.25) is 0 Å². The first-order valence-electron chi connectivity index (χ1n) is 9.08. The van der Waals surface area contributed by atoms with E-state index in [1.807, 2.05) is 43.4 Å². The van der Waals surface area contributed by atoms with Gasteiger partial charge in [-0.3, -0.25) is 9.69 Å². The van der Waals surface area contributed by atoms with E-state index in [1.54, 1.807) is 27.3 Å². The van der Waals surface area contributed by atoms with E-state index in [0.29, 0.717) is 41.9 Å². The van der Waals surface area contributed by atoms with Crippen LogP contribution in [0.4, 0.5) is 0 Å². The molecule has 0 saturated heterocycles. The molecule has 0 aliphatic heterocycles. The van der Waals surface area contributed by atoms with Crippen molar-refractivity contribution in [2.45, 2.75) is 13.1 Å². The van der Waals surface area contributed by atoms with E-state index >= 15 is 0 Å². The predicted molar refractivity (Wildman–Crippen MR) is 108 cm³/mol. The summed E-state index contributed by atoms with van der Waals surface area (Å²) in [4.78, 5) is 18.2. The first-order chi connectivity index (χ1) is 14.0. The molecule has 1 heterocycles. The highest BCUT2D eigenvalue weighted by molar-refractivity contribution is 5.93. The van der Waals surface area contributed by atoms with Gasteiger partial charge in [0.25, 0.3) is 5.91 Å². The van der Waals surface area contributed by atoms with Crippen molar-refractivity contribution < 1.29 is 18.8 Å². The molecule has 2 aromatic carbocycles. The van der Waals surface area contributed by atoms with Gasteiger partial charge < -0.3 is 19.3 Å². The number of amides is 1. The first-order valence-corrected chi connectivity index (χ1v) is 9.08. The molecule has 29 heavy (non-hydrogen) atoms. The van der Waals surface area contributed by atoms with Crippen molar-refractivity contribution in [2.24, 2.45) is 0 Å². The van der Waals surface area contributed by atoms with Crippen LogP contribution in [-0.4, -0.2) is 49.3 Å². The summed E-state index contributed by atoms with van der Waals surface area (Å²) in [7, 11) is 6.76. The number of benzene rings is 2. The monoisotopic (exact) mass is 396 g/mol. The Morgan fingerprint density at radius 3 is 2.52 bits per heavy atom. The highest BCUT2D eigenvalue weighted by atomic mass is 16.5. The highest BCUT2D eigenvalue weighted by Gasteiger charge is 2.15. The van der Waals surface area contributed by atoms with E-state index in [9.17, 15) is 4.79 Å². The van der Waals surface area contributed by atoms with Crippen LogP contribution in [-0.2, 0) is 13.1 Å². The molecule has 0 aliphatic carbocycles. The Kier molecular flexibility index (Phi) is 6.46. The Morgan fingerprint density at radius 1 is 1.10 bits per heavy atom. The molecule has 0 spiro atoms. The molecule has 0 unspecified atom stereocenters. The number of methoxy groups -OCH3 is 2. The van der Waals surface area contributed by atoms with Crippen molar-refractivity contribution >= 4 is 5.91 Å². The second kappa shape index (κ2) is 9.20. The largest absolute Gasteiger partial charge is 0.497 e. The SMILES string of the molecule is CNC(=O)c1ccc(CN(C)Cc2nc(-c3ccc(OC)cc3OC)no2)cc1. The number of ether oxygens (including phenoxy) is 2. The smallest absolute Gasteiger partial charge is 0.251 e. The van der Waals surface area contributed by atoms with Gasteiger partial charge in [-0.2, -0.15) is 4.98 Å². The summed E-state index contributed by atoms with van der Waals surface area (Å²) in [5.74, 6) is 2.17. The van der Waals surface area contributed by atoms with E-state index in [0.717, 1.165) is 11.1 Å². The average Bonchev–Trinajstić information content (AvgIpc) is 3.21. The second-order valence-corrected chi connectivity index (χ2v) is 6.53. The van der Waals surface area contributed by atoms with Gasteiger partial charge in [-0.15, -0.1) is 0 Å². The molecular weight excluding hydrogens is 372 g/mol. The van der Waals surface area contributed by atoms with Crippen LogP contribution < -0.4 is 14.8 Å². The topological polar surface area (TPSA) is 89.7 Å². The predicted octanol–water partition coefficient (Wildman–Crippen LogP) is 2.75. The maximum Gasteiger partial charge on any atom is 0.251 e. The van der Waals surface area contributed by atoms with Gasteiger partial charge >= 0.3 is 0 Å². The number of nitrogens with one attached hydrogen (secondary N) is 1. The van der Waals surface area contributed by atoms with Crippen LogP contribution in [0.25, 0.3) is 11.4 Å². The lowest BCUT2D eigenvalue weighted by Crippen LogP contribution is -2.19. The average molecular weight is 396 g/mol. The van der Waals surface area contributed by atoms with Gasteiger partial charge in [-0.1, -0.05) is 17.3 Å². The van der Waals surface area contributed by atoms with Crippen LogP contribution in [0, 0.1) is 0 Å². The quantitative estimate of drug-likeness (QED) is 0.626. The van der Waals surface area contributed by atoms with Gasteiger partial charge in [-0.25, -0.2) is 0 Å². The van der Waals surface area contributed by atoms with Crippen molar-refractivity contribution in [2.75, 3.05) is 28.3 Å². The third-order valence-electron chi connectivity index (χ3n) is 4.42. The van der Waals surface area contributed by atoms with Crippen molar-refractivity contribution in [3.63, 3.8) is 0 Å². The zero-order valence-electron chi connectivity index (χ0n) is 16.9. The van der Waals surface area contributed by atoms with Crippen molar-refractivity contribution in [1.82, 2.24) is 20.4 Å². The van der Waals surface area contributed by atoms with Crippen LogP contribution in [0.15, 0.2) is 47.0 Å². The summed E-state index contributed by atoms with van der Waals surface area (Å²) >= 11 is 0. The van der Waals surface area contributed by atoms with Crippen LogP contribution in [0.3, 0.4) is 0 Å². The van der Waals surface area contributed by atoms with E-state index in [1.165, 1.54) is 0 Å². The minimum atomic E-state index is -0.0998. The van der Waals surface area contributed by atoms with E-state index in [4.69, 9.17) is 14.0 Å². The Hall–Kier alpha value is -3.39. The third kappa shape index (κ3) is 4.91. The summed E-state index contributed by atoms with van der Waals surface area (Å²) in [5.41, 5.74) is 2.45. The van der Waals surface area contributed by atoms with E-state index in [2.05, 4.69) is 20.4 Å². The van der Waals surface area contributed by atoms with Crippen LogP contribution >= 0.6 is 0 Å². The van der Waals surface area contributed by atoms with Gasteiger partial charge in [0.1, 0.15) is 11.5 Å². The fourth-order valence-corrected chi connectivity index (χ4v) is 2.92. The van der Waals surface area contributed by atoms with Crippen LogP contribution in [0.1, 0.15) is 21.8 Å². The molecular formula is C21H24N4O4. The Morgan fingerprint density at radius 2 is 1.86 bits per heavy atom. The van der Waals surface area contributed by atoms with E-state index in [-0.39, 0.29) is 5.91 Å². The number of hydrogen-bond donors (Lipinski definition) is 1. The third-order valence-corrected chi connectivity index (χ3v) is 4.42. The molecule has 152 valence electrons. The number of hydrogen-bond acceptors (Lipinski definition) is 7. The lowest BCUT2D eigenvalue weighted by Gasteiger charge is -2.14. The molecule has 0 fully saturated rings. The standard InChI is InChI=1S/C21H24N4O4/c1-22-21(26)15-7-5-14(6-8-15)12-25(2)13-19-23-20(24-29-19)17-10-9-16(27-3)11-18(17)28-4/h5-11H,12-13H2,1-4H3,(H,22,26). The van der Waals surface area contributed by atoms with Gasteiger partial charge in [0.2, 0.25) is 11.7 Å². The molecule has 0 bridgehead atoms. The molecule has 0 saturated carbocycles. The van der Waals surface area contributed by atoms with Gasteiger partial charge in [0.05, 0.1) is 26.3 Å². The van der Waals surface area contributed by atoms with Crippen molar-refractivity contribution in [3.05, 3.63) is 59.5 Å². The van der Waals surface area contributed by atoms with Gasteiger partial charge in [-0.05, 0) is 36.9 Å². The molecule has 8 nitrogen and oxygen atoms in total. The fourth-order valence-electron chi connectivity index (χ4n) is 2.92.